The zero-order valence-electron chi connectivity index (χ0n) is 20.6. The lowest BCUT2D eigenvalue weighted by atomic mass is 10.0. The van der Waals surface area contributed by atoms with E-state index >= 15 is 0 Å². The van der Waals surface area contributed by atoms with Gasteiger partial charge >= 0.3 is 0 Å². The topological polar surface area (TPSA) is 212 Å². The average molecular weight is 545 g/mol. The first-order valence-corrected chi connectivity index (χ1v) is 11.3. The average Bonchev–Trinajstić information content (AvgIpc) is 3.28. The van der Waals surface area contributed by atoms with Crippen molar-refractivity contribution in [3.8, 4) is 5.75 Å². The van der Waals surface area contributed by atoms with E-state index in [0.29, 0.717) is 11.3 Å². The number of rotatable bonds is 8. The highest BCUT2D eigenvalue weighted by Crippen LogP contribution is 2.33. The molecule has 3 aromatic rings. The Bertz CT molecular complexity index is 1600. The standard InChI is InChI=1S/C25H19N7O8/c1-39-19-11-3-2-10-18(19)22-20(27-29-24(33)14-6-4-8-16(12-14)31(35)36)21(23(26)40-22)28-30-25(34)15-7-5-9-17(13-15)32(37)38/h2-13,22,26H,1H3,(H,29,33)(H,30,34)/b26-23?,27-20-,28-21-. The second kappa shape index (κ2) is 11.6. The van der Waals surface area contributed by atoms with Crippen LogP contribution in [0.15, 0.2) is 83.0 Å². The molecule has 1 atom stereocenters. The van der Waals surface area contributed by atoms with E-state index in [9.17, 15) is 29.8 Å². The first-order chi connectivity index (χ1) is 19.2. The van der Waals surface area contributed by atoms with Crippen LogP contribution in [0.1, 0.15) is 32.4 Å². The molecule has 2 amide bonds. The van der Waals surface area contributed by atoms with E-state index in [-0.39, 0.29) is 33.9 Å². The fourth-order valence-electron chi connectivity index (χ4n) is 3.65. The normalized spacial score (nSPS) is 16.3. The van der Waals surface area contributed by atoms with E-state index in [0.717, 1.165) is 12.1 Å². The van der Waals surface area contributed by atoms with Crippen LogP contribution in [0, 0.1) is 25.6 Å². The number of nitro groups is 2. The summed E-state index contributed by atoms with van der Waals surface area (Å²) in [4.78, 5) is 46.2. The van der Waals surface area contributed by atoms with Crippen LogP contribution in [0.25, 0.3) is 0 Å². The SMILES string of the molecule is COc1ccccc1C1OC(=N)C(=N\NC(=O)c2cccc([N+](=O)[O-])c2)/C1=N/NC(=O)c1cccc([N+](=O)[O-])c1. The first kappa shape index (κ1) is 27.1. The Morgan fingerprint density at radius 2 is 1.43 bits per heavy atom. The molecule has 1 fully saturated rings. The Labute approximate surface area is 224 Å². The fraction of sp³-hybridized carbons (Fsp3) is 0.0800. The Kier molecular flexibility index (Phi) is 7.84. The maximum absolute atomic E-state index is 12.7. The van der Waals surface area contributed by atoms with Crippen LogP contribution in [0.5, 0.6) is 5.75 Å². The van der Waals surface area contributed by atoms with E-state index in [4.69, 9.17) is 14.9 Å². The molecule has 0 spiro atoms. The number of nitrogens with one attached hydrogen (secondary N) is 3. The van der Waals surface area contributed by atoms with Crippen molar-refractivity contribution in [3.05, 3.63) is 110 Å². The van der Waals surface area contributed by atoms with Gasteiger partial charge in [0, 0.05) is 41.0 Å². The van der Waals surface area contributed by atoms with E-state index in [1.807, 2.05) is 0 Å². The zero-order chi connectivity index (χ0) is 28.8. The molecule has 202 valence electrons. The summed E-state index contributed by atoms with van der Waals surface area (Å²) in [6.07, 6.45) is -1.09. The van der Waals surface area contributed by atoms with Gasteiger partial charge in [-0.2, -0.15) is 10.2 Å². The largest absolute Gasteiger partial charge is 0.496 e. The molecule has 0 bridgehead atoms. The van der Waals surface area contributed by atoms with Crippen LogP contribution in [-0.4, -0.2) is 46.1 Å². The van der Waals surface area contributed by atoms with Crippen LogP contribution in [0.3, 0.4) is 0 Å². The third-order valence-corrected chi connectivity index (χ3v) is 5.55. The molecule has 0 aromatic heterocycles. The van der Waals surface area contributed by atoms with Crippen molar-refractivity contribution in [3.63, 3.8) is 0 Å². The van der Waals surface area contributed by atoms with Gasteiger partial charge in [0.2, 0.25) is 5.90 Å². The highest BCUT2D eigenvalue weighted by molar-refractivity contribution is 6.69. The molecule has 0 radical (unpaired) electrons. The second-order valence-electron chi connectivity index (χ2n) is 8.02. The van der Waals surface area contributed by atoms with Gasteiger partial charge in [-0.25, -0.2) is 10.9 Å². The number of hydrogen-bond acceptors (Lipinski definition) is 11. The predicted octanol–water partition coefficient (Wildman–Crippen LogP) is 3.13. The van der Waals surface area contributed by atoms with E-state index in [2.05, 4.69) is 21.1 Å². The summed E-state index contributed by atoms with van der Waals surface area (Å²) in [5.74, 6) is -1.74. The summed E-state index contributed by atoms with van der Waals surface area (Å²) in [5.41, 5.74) is 3.84. The molecule has 40 heavy (non-hydrogen) atoms. The molecule has 1 heterocycles. The number of benzene rings is 3. The minimum Gasteiger partial charge on any atom is -0.496 e. The molecule has 4 rings (SSSR count). The minimum atomic E-state index is -1.09. The zero-order valence-corrected chi connectivity index (χ0v) is 20.6. The number of para-hydroxylation sites is 1. The number of nitrogens with zero attached hydrogens (tertiary/aromatic N) is 4. The number of nitro benzene ring substituents is 2. The number of methoxy groups -OCH3 is 1. The van der Waals surface area contributed by atoms with Crippen molar-refractivity contribution < 1.29 is 28.9 Å². The molecule has 1 saturated heterocycles. The van der Waals surface area contributed by atoms with Crippen LogP contribution in [0.2, 0.25) is 0 Å². The van der Waals surface area contributed by atoms with Crippen molar-refractivity contribution in [2.45, 2.75) is 6.10 Å². The second-order valence-corrected chi connectivity index (χ2v) is 8.02. The van der Waals surface area contributed by atoms with Crippen LogP contribution < -0.4 is 15.6 Å². The Morgan fingerprint density at radius 1 is 0.875 bits per heavy atom. The summed E-state index contributed by atoms with van der Waals surface area (Å²) in [7, 11) is 1.42. The molecule has 0 aliphatic carbocycles. The van der Waals surface area contributed by atoms with Gasteiger partial charge in [0.25, 0.3) is 23.2 Å². The smallest absolute Gasteiger partial charge is 0.271 e. The summed E-state index contributed by atoms with van der Waals surface area (Å²) in [6.45, 7) is 0. The third kappa shape index (κ3) is 5.77. The summed E-state index contributed by atoms with van der Waals surface area (Å²) in [6, 6.07) is 16.6. The molecule has 1 unspecified atom stereocenters. The Morgan fingerprint density at radius 3 is 1.98 bits per heavy atom. The molecule has 1 aliphatic heterocycles. The van der Waals surface area contributed by atoms with Gasteiger partial charge in [-0.15, -0.1) is 0 Å². The summed E-state index contributed by atoms with van der Waals surface area (Å²) >= 11 is 0. The molecule has 15 heteroatoms. The maximum atomic E-state index is 12.7. The number of ether oxygens (including phenoxy) is 2. The molecule has 3 N–H and O–H groups in total. The van der Waals surface area contributed by atoms with Crippen molar-refractivity contribution in [1.82, 2.24) is 10.9 Å². The number of hydrogen-bond donors (Lipinski definition) is 3. The number of carbonyl (C=O) groups excluding carboxylic acids is 2. The van der Waals surface area contributed by atoms with Crippen molar-refractivity contribution >= 4 is 40.5 Å². The van der Waals surface area contributed by atoms with Gasteiger partial charge in [-0.3, -0.25) is 35.2 Å². The highest BCUT2D eigenvalue weighted by Gasteiger charge is 2.39. The summed E-state index contributed by atoms with van der Waals surface area (Å²) in [5, 5.41) is 38.4. The van der Waals surface area contributed by atoms with Gasteiger partial charge in [0.05, 0.1) is 17.0 Å². The minimum absolute atomic E-state index is 0.0566. The number of hydrazone groups is 2. The van der Waals surface area contributed by atoms with Crippen LogP contribution in [-0.2, 0) is 4.74 Å². The molecular formula is C25H19N7O8. The van der Waals surface area contributed by atoms with E-state index in [1.165, 1.54) is 43.5 Å². The monoisotopic (exact) mass is 545 g/mol. The van der Waals surface area contributed by atoms with E-state index in [1.54, 1.807) is 24.3 Å². The maximum Gasteiger partial charge on any atom is 0.271 e. The van der Waals surface area contributed by atoms with Gasteiger partial charge in [-0.1, -0.05) is 30.3 Å². The van der Waals surface area contributed by atoms with Gasteiger partial charge in [0.1, 0.15) is 11.5 Å². The number of non-ortho nitro benzene ring substituents is 2. The predicted molar refractivity (Wildman–Crippen MR) is 141 cm³/mol. The number of carbonyl (C=O) groups is 2. The lowest BCUT2D eigenvalue weighted by Crippen LogP contribution is -2.28. The van der Waals surface area contributed by atoms with Gasteiger partial charge in [0.15, 0.2) is 11.8 Å². The van der Waals surface area contributed by atoms with Crippen molar-refractivity contribution in [2.24, 2.45) is 10.2 Å². The van der Waals surface area contributed by atoms with Crippen LogP contribution >= 0.6 is 0 Å². The van der Waals surface area contributed by atoms with E-state index < -0.39 is 33.7 Å². The van der Waals surface area contributed by atoms with Crippen molar-refractivity contribution in [2.75, 3.05) is 7.11 Å². The highest BCUT2D eigenvalue weighted by atomic mass is 16.6. The molecular weight excluding hydrogens is 526 g/mol. The molecule has 15 nitrogen and oxygen atoms in total. The molecule has 3 aromatic carbocycles. The lowest BCUT2D eigenvalue weighted by Gasteiger charge is -2.14. The summed E-state index contributed by atoms with van der Waals surface area (Å²) < 4.78 is 11.0. The van der Waals surface area contributed by atoms with Gasteiger partial charge in [-0.05, 0) is 18.2 Å². The molecule has 0 saturated carbocycles. The van der Waals surface area contributed by atoms with Crippen LogP contribution in [0.4, 0.5) is 11.4 Å². The van der Waals surface area contributed by atoms with Crippen molar-refractivity contribution in [1.29, 1.82) is 5.41 Å². The third-order valence-electron chi connectivity index (χ3n) is 5.55. The molecule has 1 aliphatic rings. The fourth-order valence-corrected chi connectivity index (χ4v) is 3.65. The first-order valence-electron chi connectivity index (χ1n) is 11.3. The van der Waals surface area contributed by atoms with Gasteiger partial charge < -0.3 is 9.47 Å². The quantitative estimate of drug-likeness (QED) is 0.282. The Hall–Kier alpha value is -5.99. The Balaban J connectivity index is 1.68. The number of amides is 2. The lowest BCUT2D eigenvalue weighted by molar-refractivity contribution is -0.385.